The first-order valence-corrected chi connectivity index (χ1v) is 7.30. The highest BCUT2D eigenvalue weighted by molar-refractivity contribution is 7.92. The number of carbonyl (C=O) groups excluding carboxylic acids is 1. The van der Waals surface area contributed by atoms with Crippen LogP contribution >= 0.6 is 0 Å². The van der Waals surface area contributed by atoms with Crippen LogP contribution in [0.4, 0.5) is 14.5 Å². The molecule has 0 aromatic heterocycles. The molecule has 0 atom stereocenters. The van der Waals surface area contributed by atoms with Crippen molar-refractivity contribution in [2.45, 2.75) is 6.92 Å². The van der Waals surface area contributed by atoms with Crippen molar-refractivity contribution in [3.63, 3.8) is 0 Å². The summed E-state index contributed by atoms with van der Waals surface area (Å²) in [4.78, 5) is 11.4. The fourth-order valence-corrected chi connectivity index (χ4v) is 2.27. The van der Waals surface area contributed by atoms with Crippen LogP contribution in [0.15, 0.2) is 18.2 Å². The second-order valence-corrected chi connectivity index (χ2v) is 5.73. The van der Waals surface area contributed by atoms with Crippen LogP contribution in [0.5, 0.6) is 0 Å². The van der Waals surface area contributed by atoms with Gasteiger partial charge in [0.25, 0.3) is 0 Å². The Morgan fingerprint density at radius 3 is 2.42 bits per heavy atom. The largest absolute Gasteiger partial charge is 0.355 e. The number of rotatable bonds is 5. The lowest BCUT2D eigenvalue weighted by molar-refractivity contribution is -0.119. The van der Waals surface area contributed by atoms with Gasteiger partial charge in [0.1, 0.15) is 6.54 Å². The fourth-order valence-electron chi connectivity index (χ4n) is 1.42. The van der Waals surface area contributed by atoms with E-state index < -0.39 is 34.1 Å². The van der Waals surface area contributed by atoms with E-state index in [1.807, 2.05) is 0 Å². The van der Waals surface area contributed by atoms with Crippen molar-refractivity contribution < 1.29 is 22.0 Å². The number of likely N-dealkylation sites (N-methyl/N-ethyl adjacent to an activating group) is 1. The molecule has 8 heteroatoms. The molecule has 5 nitrogen and oxygen atoms in total. The van der Waals surface area contributed by atoms with Gasteiger partial charge in [0.2, 0.25) is 15.9 Å². The molecule has 1 amide bonds. The van der Waals surface area contributed by atoms with E-state index in [-0.39, 0.29) is 5.69 Å². The molecule has 106 valence electrons. The fraction of sp³-hybridized carbons (Fsp3) is 0.364. The van der Waals surface area contributed by atoms with Crippen LogP contribution in [0, 0.1) is 11.6 Å². The molecule has 0 aliphatic carbocycles. The van der Waals surface area contributed by atoms with Gasteiger partial charge in [-0.3, -0.25) is 9.10 Å². The molecule has 0 aliphatic rings. The molecule has 1 aromatic rings. The maximum atomic E-state index is 13.1. The van der Waals surface area contributed by atoms with Crippen LogP contribution in [0.2, 0.25) is 0 Å². The summed E-state index contributed by atoms with van der Waals surface area (Å²) in [5.74, 6) is -2.80. The first-order chi connectivity index (χ1) is 8.75. The lowest BCUT2D eigenvalue weighted by Gasteiger charge is -2.21. The van der Waals surface area contributed by atoms with Gasteiger partial charge in [0.05, 0.1) is 11.9 Å². The van der Waals surface area contributed by atoms with E-state index in [2.05, 4.69) is 5.32 Å². The molecule has 1 aromatic carbocycles. The predicted molar refractivity (Wildman–Crippen MR) is 67.2 cm³/mol. The maximum Gasteiger partial charge on any atom is 0.240 e. The van der Waals surface area contributed by atoms with Crippen molar-refractivity contribution >= 4 is 21.6 Å². The first kappa shape index (κ1) is 15.4. The number of sulfonamides is 1. The highest BCUT2D eigenvalue weighted by Crippen LogP contribution is 2.20. The summed E-state index contributed by atoms with van der Waals surface area (Å²) in [6, 6.07) is 2.63. The van der Waals surface area contributed by atoms with Gasteiger partial charge in [0, 0.05) is 12.6 Å². The standard InChI is InChI=1S/C11H14F2N2O3S/c1-3-14-11(16)7-15(19(2,17)18)8-4-5-9(12)10(13)6-8/h4-6H,3,7H2,1-2H3,(H,14,16). The first-order valence-electron chi connectivity index (χ1n) is 5.45. The minimum absolute atomic E-state index is 0.104. The molecule has 1 N–H and O–H groups in total. The number of nitrogens with one attached hydrogen (secondary N) is 1. The van der Waals surface area contributed by atoms with E-state index in [0.717, 1.165) is 24.5 Å². The molecule has 0 unspecified atom stereocenters. The van der Waals surface area contributed by atoms with Crippen LogP contribution in [0.3, 0.4) is 0 Å². The molecule has 0 radical (unpaired) electrons. The number of hydrogen-bond acceptors (Lipinski definition) is 3. The monoisotopic (exact) mass is 292 g/mol. The van der Waals surface area contributed by atoms with Crippen molar-refractivity contribution in [2.75, 3.05) is 23.7 Å². The predicted octanol–water partition coefficient (Wildman–Crippen LogP) is 0.867. The van der Waals surface area contributed by atoms with E-state index in [9.17, 15) is 22.0 Å². The smallest absolute Gasteiger partial charge is 0.240 e. The lowest BCUT2D eigenvalue weighted by atomic mass is 10.3. The van der Waals surface area contributed by atoms with Gasteiger partial charge < -0.3 is 5.32 Å². The van der Waals surface area contributed by atoms with Crippen molar-refractivity contribution in [3.05, 3.63) is 29.8 Å². The Bertz CT molecular complexity index is 575. The van der Waals surface area contributed by atoms with Crippen LogP contribution in [0.25, 0.3) is 0 Å². The van der Waals surface area contributed by atoms with Crippen LogP contribution in [-0.2, 0) is 14.8 Å². The summed E-state index contributed by atoms with van der Waals surface area (Å²) in [6.45, 7) is 1.53. The van der Waals surface area contributed by atoms with Crippen molar-refractivity contribution in [1.29, 1.82) is 0 Å². The molecular formula is C11H14F2N2O3S. The average molecular weight is 292 g/mol. The van der Waals surface area contributed by atoms with E-state index in [1.165, 1.54) is 0 Å². The SMILES string of the molecule is CCNC(=O)CN(c1ccc(F)c(F)c1)S(C)(=O)=O. The summed E-state index contributed by atoms with van der Waals surface area (Å²) in [5.41, 5.74) is -0.104. The molecule has 0 saturated heterocycles. The molecule has 0 aliphatic heterocycles. The third-order valence-corrected chi connectivity index (χ3v) is 3.39. The normalized spacial score (nSPS) is 11.2. The van der Waals surface area contributed by atoms with Crippen molar-refractivity contribution in [2.24, 2.45) is 0 Å². The number of anilines is 1. The molecule has 0 heterocycles. The van der Waals surface area contributed by atoms with Gasteiger partial charge >= 0.3 is 0 Å². The zero-order valence-corrected chi connectivity index (χ0v) is 11.3. The molecule has 1 rings (SSSR count). The Labute approximate surface area is 110 Å². The third kappa shape index (κ3) is 4.16. The summed E-state index contributed by atoms with van der Waals surface area (Å²) in [7, 11) is -3.78. The zero-order valence-electron chi connectivity index (χ0n) is 10.5. The Kier molecular flexibility index (Phi) is 4.82. The summed E-state index contributed by atoms with van der Waals surface area (Å²) < 4.78 is 49.8. The van der Waals surface area contributed by atoms with Gasteiger partial charge in [-0.25, -0.2) is 17.2 Å². The molecule has 19 heavy (non-hydrogen) atoms. The van der Waals surface area contributed by atoms with Crippen molar-refractivity contribution in [3.8, 4) is 0 Å². The highest BCUT2D eigenvalue weighted by Gasteiger charge is 2.21. The van der Waals surface area contributed by atoms with Gasteiger partial charge in [0.15, 0.2) is 11.6 Å². The number of amides is 1. The van der Waals surface area contributed by atoms with E-state index in [1.54, 1.807) is 6.92 Å². The summed E-state index contributed by atoms with van der Waals surface area (Å²) in [5, 5.41) is 2.43. The number of halogens is 2. The topological polar surface area (TPSA) is 66.5 Å². The number of carbonyl (C=O) groups is 1. The van der Waals surface area contributed by atoms with Gasteiger partial charge in [-0.05, 0) is 19.1 Å². The molecule has 0 saturated carbocycles. The molecule has 0 bridgehead atoms. The second-order valence-electron chi connectivity index (χ2n) is 3.82. The molecular weight excluding hydrogens is 278 g/mol. The van der Waals surface area contributed by atoms with Gasteiger partial charge in [-0.15, -0.1) is 0 Å². The van der Waals surface area contributed by atoms with Crippen LogP contribution in [0.1, 0.15) is 6.92 Å². The van der Waals surface area contributed by atoms with Crippen LogP contribution in [-0.4, -0.2) is 33.7 Å². The van der Waals surface area contributed by atoms with E-state index in [0.29, 0.717) is 10.8 Å². The minimum Gasteiger partial charge on any atom is -0.355 e. The van der Waals surface area contributed by atoms with Crippen LogP contribution < -0.4 is 9.62 Å². The van der Waals surface area contributed by atoms with Gasteiger partial charge in [-0.1, -0.05) is 0 Å². The highest BCUT2D eigenvalue weighted by atomic mass is 32.2. The number of nitrogens with zero attached hydrogens (tertiary/aromatic N) is 1. The van der Waals surface area contributed by atoms with E-state index >= 15 is 0 Å². The zero-order chi connectivity index (χ0) is 14.6. The maximum absolute atomic E-state index is 13.1. The Morgan fingerprint density at radius 1 is 1.32 bits per heavy atom. The van der Waals surface area contributed by atoms with E-state index in [4.69, 9.17) is 0 Å². The summed E-state index contributed by atoms with van der Waals surface area (Å²) in [6.07, 6.45) is 0.882. The summed E-state index contributed by atoms with van der Waals surface area (Å²) >= 11 is 0. The molecule has 0 spiro atoms. The average Bonchev–Trinajstić information content (AvgIpc) is 2.29. The molecule has 0 fully saturated rings. The minimum atomic E-state index is -3.78. The Morgan fingerprint density at radius 2 is 1.95 bits per heavy atom. The Hall–Kier alpha value is -1.70. The lowest BCUT2D eigenvalue weighted by Crippen LogP contribution is -2.40. The number of benzene rings is 1. The second kappa shape index (κ2) is 5.96. The third-order valence-electron chi connectivity index (χ3n) is 2.25. The van der Waals surface area contributed by atoms with Gasteiger partial charge in [-0.2, -0.15) is 0 Å². The number of hydrogen-bond donors (Lipinski definition) is 1. The van der Waals surface area contributed by atoms with Crippen molar-refractivity contribution in [1.82, 2.24) is 5.32 Å². The quantitative estimate of drug-likeness (QED) is 0.875. The Balaban J connectivity index is 3.10.